The number of hydrogen-bond acceptors (Lipinski definition) is 2. The van der Waals surface area contributed by atoms with Gasteiger partial charge in [-0.25, -0.2) is 9.37 Å². The van der Waals surface area contributed by atoms with E-state index in [4.69, 9.17) is 0 Å². The molecule has 1 atom stereocenters. The van der Waals surface area contributed by atoms with E-state index in [0.717, 1.165) is 16.8 Å². The molecule has 0 fully saturated rings. The quantitative estimate of drug-likeness (QED) is 0.751. The summed E-state index contributed by atoms with van der Waals surface area (Å²) in [5.41, 5.74) is 3.08. The van der Waals surface area contributed by atoms with E-state index in [1.54, 1.807) is 18.3 Å². The van der Waals surface area contributed by atoms with Crippen LogP contribution < -0.4 is 5.32 Å². The maximum Gasteiger partial charge on any atom is 0.223 e. The number of nitrogens with one attached hydrogen (secondary N) is 2. The van der Waals surface area contributed by atoms with Crippen LogP contribution in [0.5, 0.6) is 0 Å². The zero-order chi connectivity index (χ0) is 17.1. The SMILES string of the molecule is CC(=O)Nc1ncc(C(C)c2ccc(-c3ccccc3)c(F)c2)[nH]1. The molecule has 0 aliphatic carbocycles. The first kappa shape index (κ1) is 15.9. The molecule has 5 heteroatoms. The van der Waals surface area contributed by atoms with Crippen molar-refractivity contribution in [1.82, 2.24) is 9.97 Å². The van der Waals surface area contributed by atoms with Crippen molar-refractivity contribution in [3.8, 4) is 11.1 Å². The maximum absolute atomic E-state index is 14.5. The Balaban J connectivity index is 1.86. The van der Waals surface area contributed by atoms with Crippen LogP contribution in [-0.2, 0) is 4.79 Å². The molecule has 122 valence electrons. The average molecular weight is 323 g/mol. The van der Waals surface area contributed by atoms with Gasteiger partial charge >= 0.3 is 0 Å². The van der Waals surface area contributed by atoms with Crippen LogP contribution in [0.2, 0.25) is 0 Å². The molecule has 3 aromatic rings. The fourth-order valence-electron chi connectivity index (χ4n) is 2.62. The van der Waals surface area contributed by atoms with Crippen molar-refractivity contribution in [1.29, 1.82) is 0 Å². The summed E-state index contributed by atoms with van der Waals surface area (Å²) >= 11 is 0. The zero-order valence-electron chi connectivity index (χ0n) is 13.5. The molecule has 3 rings (SSSR count). The number of rotatable bonds is 4. The Bertz CT molecular complexity index is 858. The van der Waals surface area contributed by atoms with Crippen molar-refractivity contribution >= 4 is 11.9 Å². The van der Waals surface area contributed by atoms with Gasteiger partial charge in [0.05, 0.1) is 6.20 Å². The summed E-state index contributed by atoms with van der Waals surface area (Å²) in [5.74, 6) is -0.126. The number of halogens is 1. The summed E-state index contributed by atoms with van der Waals surface area (Å²) in [4.78, 5) is 18.2. The number of aromatic amines is 1. The van der Waals surface area contributed by atoms with E-state index in [2.05, 4.69) is 15.3 Å². The van der Waals surface area contributed by atoms with Gasteiger partial charge in [-0.3, -0.25) is 10.1 Å². The van der Waals surface area contributed by atoms with Crippen LogP contribution in [0.15, 0.2) is 54.7 Å². The Labute approximate surface area is 139 Å². The van der Waals surface area contributed by atoms with Crippen LogP contribution in [0.25, 0.3) is 11.1 Å². The molecule has 2 N–H and O–H groups in total. The lowest BCUT2D eigenvalue weighted by Crippen LogP contribution is -2.07. The fraction of sp³-hybridized carbons (Fsp3) is 0.158. The molecular weight excluding hydrogens is 305 g/mol. The lowest BCUT2D eigenvalue weighted by atomic mass is 9.95. The number of nitrogens with zero attached hydrogens (tertiary/aromatic N) is 1. The number of benzene rings is 2. The third kappa shape index (κ3) is 3.35. The lowest BCUT2D eigenvalue weighted by Gasteiger charge is -2.12. The van der Waals surface area contributed by atoms with Crippen LogP contribution >= 0.6 is 0 Å². The minimum Gasteiger partial charge on any atom is -0.327 e. The molecule has 4 nitrogen and oxygen atoms in total. The highest BCUT2D eigenvalue weighted by atomic mass is 19.1. The normalized spacial score (nSPS) is 12.0. The van der Waals surface area contributed by atoms with Crippen molar-refractivity contribution in [3.05, 3.63) is 71.8 Å². The number of anilines is 1. The highest BCUT2D eigenvalue weighted by Gasteiger charge is 2.14. The molecular formula is C19H18FN3O. The Morgan fingerprint density at radius 1 is 1.21 bits per heavy atom. The molecule has 0 aliphatic rings. The Kier molecular flexibility index (Phi) is 4.42. The first-order valence-corrected chi connectivity index (χ1v) is 7.72. The van der Waals surface area contributed by atoms with Crippen LogP contribution in [-0.4, -0.2) is 15.9 Å². The monoisotopic (exact) mass is 323 g/mol. The van der Waals surface area contributed by atoms with E-state index in [0.29, 0.717) is 11.5 Å². The summed E-state index contributed by atoms with van der Waals surface area (Å²) in [6.07, 6.45) is 1.65. The Morgan fingerprint density at radius 3 is 2.62 bits per heavy atom. The third-order valence-electron chi connectivity index (χ3n) is 3.93. The van der Waals surface area contributed by atoms with Crippen molar-refractivity contribution in [2.45, 2.75) is 19.8 Å². The molecule has 1 heterocycles. The van der Waals surface area contributed by atoms with Gasteiger partial charge in [-0.05, 0) is 17.2 Å². The number of carbonyl (C=O) groups is 1. The first-order chi connectivity index (χ1) is 11.5. The minimum absolute atomic E-state index is 0.0701. The van der Waals surface area contributed by atoms with Crippen molar-refractivity contribution in [3.63, 3.8) is 0 Å². The van der Waals surface area contributed by atoms with E-state index in [1.807, 2.05) is 43.3 Å². The lowest BCUT2D eigenvalue weighted by molar-refractivity contribution is -0.114. The minimum atomic E-state index is -0.257. The van der Waals surface area contributed by atoms with E-state index in [-0.39, 0.29) is 17.6 Å². The maximum atomic E-state index is 14.5. The van der Waals surface area contributed by atoms with Crippen LogP contribution in [0.1, 0.15) is 31.0 Å². The van der Waals surface area contributed by atoms with Crippen LogP contribution in [0.4, 0.5) is 10.3 Å². The second kappa shape index (κ2) is 6.66. The molecule has 24 heavy (non-hydrogen) atoms. The number of imidazole rings is 1. The summed E-state index contributed by atoms with van der Waals surface area (Å²) in [5, 5.41) is 2.59. The van der Waals surface area contributed by atoms with Gasteiger partial charge in [-0.1, -0.05) is 49.4 Å². The molecule has 0 spiro atoms. The van der Waals surface area contributed by atoms with Gasteiger partial charge in [0.2, 0.25) is 11.9 Å². The molecule has 0 aliphatic heterocycles. The Hall–Kier alpha value is -2.95. The van der Waals surface area contributed by atoms with Gasteiger partial charge in [-0.2, -0.15) is 0 Å². The number of aromatic nitrogens is 2. The largest absolute Gasteiger partial charge is 0.327 e. The number of amides is 1. The van der Waals surface area contributed by atoms with Crippen LogP contribution in [0.3, 0.4) is 0 Å². The topological polar surface area (TPSA) is 57.8 Å². The second-order valence-electron chi connectivity index (χ2n) is 5.70. The molecule has 1 amide bonds. The molecule has 0 radical (unpaired) electrons. The molecule has 0 saturated carbocycles. The van der Waals surface area contributed by atoms with Crippen molar-refractivity contribution in [2.75, 3.05) is 5.32 Å². The Morgan fingerprint density at radius 2 is 1.96 bits per heavy atom. The first-order valence-electron chi connectivity index (χ1n) is 7.72. The molecule has 2 aromatic carbocycles. The van der Waals surface area contributed by atoms with E-state index >= 15 is 0 Å². The summed E-state index contributed by atoms with van der Waals surface area (Å²) in [6.45, 7) is 3.38. The van der Waals surface area contributed by atoms with Crippen LogP contribution in [0, 0.1) is 5.82 Å². The molecule has 1 unspecified atom stereocenters. The summed E-state index contributed by atoms with van der Waals surface area (Å²) in [6, 6.07) is 14.7. The third-order valence-corrected chi connectivity index (χ3v) is 3.93. The van der Waals surface area contributed by atoms with E-state index in [1.165, 1.54) is 6.92 Å². The number of carbonyl (C=O) groups excluding carboxylic acids is 1. The molecule has 1 aromatic heterocycles. The summed E-state index contributed by atoms with van der Waals surface area (Å²) in [7, 11) is 0. The van der Waals surface area contributed by atoms with Crippen molar-refractivity contribution < 1.29 is 9.18 Å². The predicted molar refractivity (Wildman–Crippen MR) is 92.2 cm³/mol. The highest BCUT2D eigenvalue weighted by molar-refractivity contribution is 5.86. The molecule has 0 bridgehead atoms. The standard InChI is InChI=1S/C19H18FN3O/c1-12(18-11-21-19(23-18)22-13(2)24)15-8-9-16(17(20)10-15)14-6-4-3-5-7-14/h3-12H,1-2H3,(H2,21,22,23,24). The van der Waals surface area contributed by atoms with Gasteiger partial charge < -0.3 is 4.98 Å². The smallest absolute Gasteiger partial charge is 0.223 e. The van der Waals surface area contributed by atoms with Gasteiger partial charge in [0.25, 0.3) is 0 Å². The van der Waals surface area contributed by atoms with Gasteiger partial charge in [-0.15, -0.1) is 0 Å². The average Bonchev–Trinajstić information content (AvgIpc) is 3.02. The van der Waals surface area contributed by atoms with Crippen molar-refractivity contribution in [2.24, 2.45) is 0 Å². The van der Waals surface area contributed by atoms with Gasteiger partial charge in [0, 0.05) is 24.1 Å². The van der Waals surface area contributed by atoms with Gasteiger partial charge in [0.1, 0.15) is 5.82 Å². The molecule has 0 saturated heterocycles. The predicted octanol–water partition coefficient (Wildman–Crippen LogP) is 4.33. The van der Waals surface area contributed by atoms with Gasteiger partial charge in [0.15, 0.2) is 0 Å². The summed E-state index contributed by atoms with van der Waals surface area (Å²) < 4.78 is 14.5. The number of H-pyrrole nitrogens is 1. The second-order valence-corrected chi connectivity index (χ2v) is 5.70. The van der Waals surface area contributed by atoms with E-state index in [9.17, 15) is 9.18 Å². The number of hydrogen-bond donors (Lipinski definition) is 2. The highest BCUT2D eigenvalue weighted by Crippen LogP contribution is 2.29. The fourth-order valence-corrected chi connectivity index (χ4v) is 2.62. The van der Waals surface area contributed by atoms with E-state index < -0.39 is 0 Å². The zero-order valence-corrected chi connectivity index (χ0v) is 13.5.